The van der Waals surface area contributed by atoms with Gasteiger partial charge in [0.1, 0.15) is 47.5 Å². The fraction of sp³-hybridized carbons (Fsp3) is 0.426. The number of nitrogens with one attached hydrogen (secondary N) is 1. The molecule has 1 fully saturated rings. The Morgan fingerprint density at radius 1 is 0.819 bits per heavy atom. The monoisotopic (exact) mass is 1020 g/mol. The van der Waals surface area contributed by atoms with Crippen molar-refractivity contribution in [3.05, 3.63) is 139 Å². The van der Waals surface area contributed by atoms with E-state index in [2.05, 4.69) is 94.7 Å². The fourth-order valence-electron chi connectivity index (χ4n) is 8.48. The third kappa shape index (κ3) is 12.2. The van der Waals surface area contributed by atoms with Crippen molar-refractivity contribution < 1.29 is 42.0 Å². The van der Waals surface area contributed by atoms with Gasteiger partial charge in [0.15, 0.2) is 38.1 Å². The van der Waals surface area contributed by atoms with E-state index < -0.39 is 52.9 Å². The lowest BCUT2D eigenvalue weighted by Crippen LogP contribution is -2.50. The van der Waals surface area contributed by atoms with Gasteiger partial charge in [0.2, 0.25) is 0 Å². The van der Waals surface area contributed by atoms with Crippen LogP contribution in [0.2, 0.25) is 18.1 Å². The second kappa shape index (κ2) is 23.8. The summed E-state index contributed by atoms with van der Waals surface area (Å²) in [5, 5.41) is 12.3. The van der Waals surface area contributed by atoms with Crippen molar-refractivity contribution in [1.29, 1.82) is 5.26 Å². The number of aromatic nitrogens is 4. The minimum atomic E-state index is -2.67. The van der Waals surface area contributed by atoms with Crippen LogP contribution in [0, 0.1) is 11.3 Å². The number of fused-ring (bicyclic) bond motifs is 1. The molecule has 1 saturated heterocycles. The molecule has 18 heteroatoms. The summed E-state index contributed by atoms with van der Waals surface area (Å²) in [6, 6.07) is 37.2. The molecule has 1 amide bonds. The summed E-state index contributed by atoms with van der Waals surface area (Å²) in [6.45, 7) is 19.2. The predicted octanol–water partition coefficient (Wildman–Crippen LogP) is 10.8. The van der Waals surface area contributed by atoms with Crippen LogP contribution in [0.4, 0.5) is 5.82 Å². The Bertz CT molecular complexity index is 2660. The van der Waals surface area contributed by atoms with E-state index in [4.69, 9.17) is 47.1 Å². The van der Waals surface area contributed by atoms with E-state index in [1.807, 2.05) is 89.5 Å². The number of hydrogen-bond donors (Lipinski definition) is 1. The Morgan fingerprint density at radius 3 is 1.96 bits per heavy atom. The average molecular weight is 1020 g/mol. The van der Waals surface area contributed by atoms with Crippen LogP contribution in [-0.2, 0) is 33.3 Å². The highest BCUT2D eigenvalue weighted by molar-refractivity contribution is 7.44. The van der Waals surface area contributed by atoms with Gasteiger partial charge in [0.05, 0.1) is 46.3 Å². The van der Waals surface area contributed by atoms with Gasteiger partial charge < -0.3 is 42.5 Å². The minimum Gasteiger partial charge on any atom is -0.497 e. The Balaban J connectivity index is 1.38. The smallest absolute Gasteiger partial charge is 0.263 e. The molecule has 1 aliphatic rings. The van der Waals surface area contributed by atoms with E-state index in [9.17, 15) is 10.1 Å². The maximum absolute atomic E-state index is 13.3. The molecular weight excluding hydrogens is 950 g/mol. The van der Waals surface area contributed by atoms with Crippen LogP contribution in [0.25, 0.3) is 11.2 Å². The third-order valence-corrected chi connectivity index (χ3v) is 19.6. The molecule has 0 saturated carbocycles. The molecule has 5 atom stereocenters. The number of methoxy groups -OCH3 is 2. The Kier molecular flexibility index (Phi) is 17.9. The zero-order valence-corrected chi connectivity index (χ0v) is 45.0. The number of nitriles is 1. The summed E-state index contributed by atoms with van der Waals surface area (Å²) in [6.07, 6.45) is -0.138. The highest BCUT2D eigenvalue weighted by Crippen LogP contribution is 2.53. The summed E-state index contributed by atoms with van der Waals surface area (Å²) < 4.78 is 57.5. The number of imidazole rings is 1. The van der Waals surface area contributed by atoms with Crippen molar-refractivity contribution in [2.45, 2.75) is 115 Å². The molecular formula is C54H68N7O9PSi. The SMILES string of the molecule is COc1ccc(C(OCC2O[C@@H](n3cnc4c(NC(=O)COc5ccccc5)ncnc43)C(O[Si](C)(C)C(C)(C)C)[C@H]2OP(OCCC#N)N(C(C)C)C(C)C)(c2ccccc2)c2ccc(OC)cc2)cc1. The predicted molar refractivity (Wildman–Crippen MR) is 280 cm³/mol. The second-order valence-corrected chi connectivity index (χ2v) is 25.7. The molecule has 2 aromatic heterocycles. The van der Waals surface area contributed by atoms with Gasteiger partial charge in [-0.25, -0.2) is 19.6 Å². The number of ether oxygens (including phenoxy) is 5. The number of carbonyl (C=O) groups is 1. The van der Waals surface area contributed by atoms with Crippen molar-refractivity contribution in [3.8, 4) is 23.3 Å². The molecule has 0 bridgehead atoms. The van der Waals surface area contributed by atoms with Crippen LogP contribution in [0.15, 0.2) is 122 Å². The van der Waals surface area contributed by atoms with E-state index in [0.29, 0.717) is 28.4 Å². The van der Waals surface area contributed by atoms with Crippen LogP contribution in [0.3, 0.4) is 0 Å². The topological polar surface area (TPSA) is 174 Å². The van der Waals surface area contributed by atoms with E-state index in [1.54, 1.807) is 32.7 Å². The summed E-state index contributed by atoms with van der Waals surface area (Å²) in [5.74, 6) is 1.74. The molecule has 4 aromatic carbocycles. The van der Waals surface area contributed by atoms with Gasteiger partial charge in [-0.05, 0) is 98.9 Å². The Labute approximate surface area is 426 Å². The number of hydrogen-bond acceptors (Lipinski definition) is 14. The normalized spacial score (nSPS) is 17.8. The van der Waals surface area contributed by atoms with Gasteiger partial charge >= 0.3 is 0 Å². The molecule has 7 rings (SSSR count). The summed E-state index contributed by atoms with van der Waals surface area (Å²) >= 11 is 0. The molecule has 1 N–H and O–H groups in total. The maximum atomic E-state index is 13.3. The standard InChI is InChI=1S/C54H68N7O9PSi/c1-37(2)61(38(3)4)71(67-32-18-31-55)69-48-45(33-66-54(39-19-14-12-15-20-39,40-23-27-42(63-8)28-24-40)41-25-29-43(64-9)30-26-41)68-52(49(48)70-72(10,11)53(5,6)7)60-36-58-47-50(56-35-57-51(47)60)59-46(62)34-65-44-21-16-13-17-22-44/h12-17,19-30,35-38,45,48-49,52H,18,32-34H2,1-11H3,(H,56,57,59,62)/t45?,48-,49?,52+,71?/m0/s1. The Morgan fingerprint density at radius 2 is 1.40 bits per heavy atom. The van der Waals surface area contributed by atoms with Gasteiger partial charge in [-0.3, -0.25) is 9.36 Å². The van der Waals surface area contributed by atoms with Crippen LogP contribution >= 0.6 is 8.53 Å². The number of benzene rings is 4. The van der Waals surface area contributed by atoms with E-state index in [0.717, 1.165) is 16.7 Å². The van der Waals surface area contributed by atoms with Crippen LogP contribution < -0.4 is 19.5 Å². The molecule has 0 radical (unpaired) electrons. The van der Waals surface area contributed by atoms with Gasteiger partial charge in [0, 0.05) is 12.1 Å². The first-order valence-corrected chi connectivity index (χ1v) is 28.3. The maximum Gasteiger partial charge on any atom is 0.263 e. The van der Waals surface area contributed by atoms with E-state index in [-0.39, 0.29) is 49.2 Å². The fourth-order valence-corrected chi connectivity index (χ4v) is 11.5. The molecule has 0 aliphatic carbocycles. The molecule has 3 unspecified atom stereocenters. The van der Waals surface area contributed by atoms with Gasteiger partial charge in [-0.2, -0.15) is 5.26 Å². The molecule has 0 spiro atoms. The first-order valence-electron chi connectivity index (χ1n) is 24.2. The van der Waals surface area contributed by atoms with E-state index in [1.165, 1.54) is 6.33 Å². The first kappa shape index (κ1) is 54.0. The zero-order chi connectivity index (χ0) is 51.6. The number of rotatable bonds is 23. The largest absolute Gasteiger partial charge is 0.497 e. The van der Waals surface area contributed by atoms with E-state index >= 15 is 0 Å². The molecule has 382 valence electrons. The summed E-state index contributed by atoms with van der Waals surface area (Å²) in [4.78, 5) is 27.3. The minimum absolute atomic E-state index is 0.00247. The van der Waals surface area contributed by atoms with Crippen molar-refractivity contribution in [2.75, 3.05) is 39.4 Å². The molecule has 3 heterocycles. The van der Waals surface area contributed by atoms with Gasteiger partial charge in [-0.1, -0.05) is 93.6 Å². The number of anilines is 1. The highest BCUT2D eigenvalue weighted by Gasteiger charge is 2.54. The molecule has 72 heavy (non-hydrogen) atoms. The van der Waals surface area contributed by atoms with Crippen molar-refractivity contribution in [3.63, 3.8) is 0 Å². The zero-order valence-electron chi connectivity index (χ0n) is 43.1. The van der Waals surface area contributed by atoms with Gasteiger partial charge in [0.25, 0.3) is 14.4 Å². The number of carbonyl (C=O) groups excluding carboxylic acids is 1. The number of para-hydroxylation sites is 1. The lowest BCUT2D eigenvalue weighted by molar-refractivity contribution is -0.118. The van der Waals surface area contributed by atoms with Crippen LogP contribution in [-0.4, -0.2) is 103 Å². The first-order chi connectivity index (χ1) is 34.5. The van der Waals surface area contributed by atoms with Crippen LogP contribution in [0.5, 0.6) is 17.2 Å². The quantitative estimate of drug-likeness (QED) is 0.0278. The van der Waals surface area contributed by atoms with Crippen molar-refractivity contribution in [2.24, 2.45) is 0 Å². The summed E-state index contributed by atoms with van der Waals surface area (Å²) in [5.41, 5.74) is 2.09. The van der Waals surface area contributed by atoms with Crippen molar-refractivity contribution in [1.82, 2.24) is 24.2 Å². The lowest BCUT2D eigenvalue weighted by atomic mass is 9.80. The third-order valence-electron chi connectivity index (χ3n) is 13.0. The second-order valence-electron chi connectivity index (χ2n) is 19.5. The Hall–Kier alpha value is -5.80. The highest BCUT2D eigenvalue weighted by atomic mass is 31.2. The molecule has 6 aromatic rings. The summed E-state index contributed by atoms with van der Waals surface area (Å²) in [7, 11) is -1.22. The van der Waals surface area contributed by atoms with Crippen LogP contribution in [0.1, 0.15) is 77.8 Å². The van der Waals surface area contributed by atoms with Gasteiger partial charge in [-0.15, -0.1) is 0 Å². The molecule has 16 nitrogen and oxygen atoms in total. The average Bonchev–Trinajstić information content (AvgIpc) is 3.95. The number of nitrogens with zero attached hydrogens (tertiary/aromatic N) is 6. The number of amides is 1. The molecule has 1 aliphatic heterocycles. The van der Waals surface area contributed by atoms with Crippen molar-refractivity contribution >= 4 is 39.7 Å². The lowest BCUT2D eigenvalue weighted by Gasteiger charge is -2.42.